The molecule has 0 radical (unpaired) electrons. The van der Waals surface area contributed by atoms with Crippen LogP contribution in [0, 0.1) is 6.92 Å². The zero-order valence-corrected chi connectivity index (χ0v) is 9.96. The number of unbranched alkanes of at least 4 members (excludes halogenated alkanes) is 1. The molecule has 0 atom stereocenters. The summed E-state index contributed by atoms with van der Waals surface area (Å²) in [5.41, 5.74) is 0.961. The van der Waals surface area contributed by atoms with Crippen LogP contribution in [0.5, 0.6) is 0 Å². The van der Waals surface area contributed by atoms with Crippen molar-refractivity contribution < 1.29 is 14.7 Å². The summed E-state index contributed by atoms with van der Waals surface area (Å²) in [7, 11) is 0. The zero-order chi connectivity index (χ0) is 12.8. The van der Waals surface area contributed by atoms with Gasteiger partial charge in [0.1, 0.15) is 5.69 Å². The standard InChI is InChI=1S/C11H17N3O3/c1-3-4-5-12-11(17)14-8-6-7(2)13-9(8)10(15)16/h6,13H,3-5H2,1-2H3,(H,15,16)(H2,12,14,17). The van der Waals surface area contributed by atoms with Crippen molar-refractivity contribution in [3.63, 3.8) is 0 Å². The second-order valence-electron chi connectivity index (χ2n) is 3.78. The minimum absolute atomic E-state index is 0.00635. The molecule has 1 aromatic heterocycles. The summed E-state index contributed by atoms with van der Waals surface area (Å²) >= 11 is 0. The van der Waals surface area contributed by atoms with Crippen LogP contribution in [-0.4, -0.2) is 28.6 Å². The van der Waals surface area contributed by atoms with E-state index in [0.29, 0.717) is 12.2 Å². The van der Waals surface area contributed by atoms with Gasteiger partial charge in [-0.3, -0.25) is 0 Å². The molecule has 0 saturated carbocycles. The Morgan fingerprint density at radius 1 is 1.47 bits per heavy atom. The van der Waals surface area contributed by atoms with Crippen molar-refractivity contribution in [3.8, 4) is 0 Å². The maximum atomic E-state index is 11.4. The molecule has 6 heteroatoms. The van der Waals surface area contributed by atoms with E-state index in [-0.39, 0.29) is 17.4 Å². The first-order valence-corrected chi connectivity index (χ1v) is 5.52. The number of amides is 2. The monoisotopic (exact) mass is 239 g/mol. The fourth-order valence-corrected chi connectivity index (χ4v) is 1.40. The fourth-order valence-electron chi connectivity index (χ4n) is 1.40. The molecule has 0 fully saturated rings. The van der Waals surface area contributed by atoms with Gasteiger partial charge in [0.05, 0.1) is 5.69 Å². The molecule has 6 nitrogen and oxygen atoms in total. The maximum absolute atomic E-state index is 11.4. The van der Waals surface area contributed by atoms with Gasteiger partial charge in [0.2, 0.25) is 0 Å². The summed E-state index contributed by atoms with van der Waals surface area (Å²) in [6.45, 7) is 4.33. The molecule has 17 heavy (non-hydrogen) atoms. The van der Waals surface area contributed by atoms with E-state index in [1.165, 1.54) is 0 Å². The number of anilines is 1. The lowest BCUT2D eigenvalue weighted by atomic mass is 10.3. The predicted octanol–water partition coefficient (Wildman–Crippen LogP) is 1.94. The number of carbonyl (C=O) groups is 2. The van der Waals surface area contributed by atoms with Crippen LogP contribution in [0.3, 0.4) is 0 Å². The van der Waals surface area contributed by atoms with Gasteiger partial charge in [0.25, 0.3) is 0 Å². The van der Waals surface area contributed by atoms with E-state index in [2.05, 4.69) is 15.6 Å². The molecule has 1 heterocycles. The highest BCUT2D eigenvalue weighted by molar-refractivity contribution is 5.99. The van der Waals surface area contributed by atoms with E-state index in [1.807, 2.05) is 6.92 Å². The van der Waals surface area contributed by atoms with Crippen LogP contribution in [0.1, 0.15) is 35.9 Å². The van der Waals surface area contributed by atoms with Gasteiger partial charge in [0.15, 0.2) is 0 Å². The third-order valence-electron chi connectivity index (χ3n) is 2.23. The third-order valence-corrected chi connectivity index (χ3v) is 2.23. The Balaban J connectivity index is 2.61. The Kier molecular flexibility index (Phi) is 4.56. The molecule has 0 bridgehead atoms. The van der Waals surface area contributed by atoms with Crippen molar-refractivity contribution in [1.82, 2.24) is 10.3 Å². The molecule has 0 aliphatic carbocycles. The molecule has 1 aromatic rings. The Bertz CT molecular complexity index is 412. The number of aromatic amines is 1. The number of urea groups is 1. The van der Waals surface area contributed by atoms with Crippen LogP contribution in [0.4, 0.5) is 10.5 Å². The number of hydrogen-bond acceptors (Lipinski definition) is 2. The molecule has 4 N–H and O–H groups in total. The molecule has 0 spiro atoms. The van der Waals surface area contributed by atoms with E-state index in [0.717, 1.165) is 12.8 Å². The van der Waals surface area contributed by atoms with Gasteiger partial charge < -0.3 is 20.7 Å². The topological polar surface area (TPSA) is 94.2 Å². The Hall–Kier alpha value is -1.98. The van der Waals surface area contributed by atoms with Gasteiger partial charge >= 0.3 is 12.0 Å². The quantitative estimate of drug-likeness (QED) is 0.591. The molecule has 0 aliphatic rings. The number of hydrogen-bond donors (Lipinski definition) is 4. The fraction of sp³-hybridized carbons (Fsp3) is 0.455. The first-order chi connectivity index (χ1) is 8.04. The van der Waals surface area contributed by atoms with Gasteiger partial charge in [0, 0.05) is 12.2 Å². The average molecular weight is 239 g/mol. The predicted molar refractivity (Wildman–Crippen MR) is 64.4 cm³/mol. The first kappa shape index (κ1) is 13.1. The number of nitrogens with one attached hydrogen (secondary N) is 3. The van der Waals surface area contributed by atoms with Crippen LogP contribution in [0.2, 0.25) is 0 Å². The molecule has 0 aliphatic heterocycles. The number of aromatic nitrogens is 1. The van der Waals surface area contributed by atoms with Crippen LogP contribution < -0.4 is 10.6 Å². The maximum Gasteiger partial charge on any atom is 0.354 e. The third kappa shape index (κ3) is 3.82. The lowest BCUT2D eigenvalue weighted by molar-refractivity contribution is 0.0692. The lowest BCUT2D eigenvalue weighted by Gasteiger charge is -2.06. The highest BCUT2D eigenvalue weighted by Crippen LogP contribution is 2.16. The largest absolute Gasteiger partial charge is 0.477 e. The number of carboxylic acid groups (broad SMARTS) is 1. The minimum atomic E-state index is -1.10. The smallest absolute Gasteiger partial charge is 0.354 e. The number of aryl methyl sites for hydroxylation is 1. The SMILES string of the molecule is CCCCNC(=O)Nc1cc(C)[nH]c1C(=O)O. The van der Waals surface area contributed by atoms with E-state index < -0.39 is 5.97 Å². The molecule has 0 aromatic carbocycles. The van der Waals surface area contributed by atoms with E-state index in [9.17, 15) is 9.59 Å². The first-order valence-electron chi connectivity index (χ1n) is 5.52. The van der Waals surface area contributed by atoms with Gasteiger partial charge in [-0.25, -0.2) is 9.59 Å². The number of rotatable bonds is 5. The van der Waals surface area contributed by atoms with Gasteiger partial charge in [-0.05, 0) is 19.4 Å². The summed E-state index contributed by atoms with van der Waals surface area (Å²) in [5, 5.41) is 14.1. The Morgan fingerprint density at radius 3 is 2.76 bits per heavy atom. The van der Waals surface area contributed by atoms with Crippen LogP contribution in [0.25, 0.3) is 0 Å². The second-order valence-corrected chi connectivity index (χ2v) is 3.78. The summed E-state index contributed by atoms with van der Waals surface area (Å²) in [6, 6.07) is 1.20. The molecule has 1 rings (SSSR count). The van der Waals surface area contributed by atoms with Crippen molar-refractivity contribution in [2.45, 2.75) is 26.7 Å². The normalized spacial score (nSPS) is 10.0. The highest BCUT2D eigenvalue weighted by atomic mass is 16.4. The summed E-state index contributed by atoms with van der Waals surface area (Å²) < 4.78 is 0. The summed E-state index contributed by atoms with van der Waals surface area (Å²) in [6.07, 6.45) is 1.88. The van der Waals surface area contributed by atoms with Crippen molar-refractivity contribution >= 4 is 17.7 Å². The molecule has 2 amide bonds. The number of carbonyl (C=O) groups excluding carboxylic acids is 1. The summed E-state index contributed by atoms with van der Waals surface area (Å²) in [4.78, 5) is 25.0. The van der Waals surface area contributed by atoms with Gasteiger partial charge in [-0.15, -0.1) is 0 Å². The van der Waals surface area contributed by atoms with Crippen molar-refractivity contribution in [1.29, 1.82) is 0 Å². The number of carboxylic acids is 1. The molecule has 0 unspecified atom stereocenters. The molecule has 0 saturated heterocycles. The van der Waals surface area contributed by atoms with Crippen LogP contribution in [-0.2, 0) is 0 Å². The minimum Gasteiger partial charge on any atom is -0.477 e. The van der Waals surface area contributed by atoms with Crippen molar-refractivity contribution in [3.05, 3.63) is 17.5 Å². The van der Waals surface area contributed by atoms with Gasteiger partial charge in [-0.1, -0.05) is 13.3 Å². The lowest BCUT2D eigenvalue weighted by Crippen LogP contribution is -2.29. The molecular weight excluding hydrogens is 222 g/mol. The van der Waals surface area contributed by atoms with Crippen molar-refractivity contribution in [2.75, 3.05) is 11.9 Å². The summed E-state index contributed by atoms with van der Waals surface area (Å²) in [5.74, 6) is -1.10. The second kappa shape index (κ2) is 5.93. The Labute approximate surface area is 99.4 Å². The van der Waals surface area contributed by atoms with Crippen LogP contribution >= 0.6 is 0 Å². The molecule has 94 valence electrons. The number of aromatic carboxylic acids is 1. The zero-order valence-electron chi connectivity index (χ0n) is 9.96. The molecular formula is C11H17N3O3. The van der Waals surface area contributed by atoms with Crippen molar-refractivity contribution in [2.24, 2.45) is 0 Å². The van der Waals surface area contributed by atoms with E-state index in [1.54, 1.807) is 13.0 Å². The highest BCUT2D eigenvalue weighted by Gasteiger charge is 2.14. The Morgan fingerprint density at radius 2 is 2.18 bits per heavy atom. The van der Waals surface area contributed by atoms with E-state index in [4.69, 9.17) is 5.11 Å². The number of H-pyrrole nitrogens is 1. The van der Waals surface area contributed by atoms with E-state index >= 15 is 0 Å². The van der Waals surface area contributed by atoms with Gasteiger partial charge in [-0.2, -0.15) is 0 Å². The average Bonchev–Trinajstić information content (AvgIpc) is 2.60. The van der Waals surface area contributed by atoms with Crippen LogP contribution in [0.15, 0.2) is 6.07 Å².